The Balaban J connectivity index is 1.69. The quantitative estimate of drug-likeness (QED) is 0.559. The summed E-state index contributed by atoms with van der Waals surface area (Å²) in [6.45, 7) is 3.29. The number of imide groups is 1. The number of ether oxygens (including phenoxy) is 1. The van der Waals surface area contributed by atoms with E-state index in [1.807, 2.05) is 13.0 Å². The molecule has 1 fully saturated rings. The van der Waals surface area contributed by atoms with Crippen molar-refractivity contribution in [2.75, 3.05) is 0 Å². The van der Waals surface area contributed by atoms with Gasteiger partial charge in [0.2, 0.25) is 0 Å². The first kappa shape index (κ1) is 20.1. The Morgan fingerprint density at radius 1 is 1.19 bits per heavy atom. The van der Waals surface area contributed by atoms with Gasteiger partial charge in [0, 0.05) is 17.3 Å². The molecule has 0 unspecified atom stereocenters. The Kier molecular flexibility index (Phi) is 7.32. The molecular formula is C18H24N2O5S. The van der Waals surface area contributed by atoms with Gasteiger partial charge in [-0.15, -0.1) is 11.3 Å². The fraction of sp³-hybridized carbons (Fsp3) is 0.556. The number of thiophene rings is 1. The highest BCUT2D eigenvalue weighted by Gasteiger charge is 2.23. The average molecular weight is 380 g/mol. The lowest BCUT2D eigenvalue weighted by Gasteiger charge is -2.15. The van der Waals surface area contributed by atoms with E-state index in [9.17, 15) is 19.2 Å². The van der Waals surface area contributed by atoms with Crippen LogP contribution in [-0.2, 0) is 14.3 Å². The van der Waals surface area contributed by atoms with Crippen LogP contribution >= 0.6 is 11.3 Å². The lowest BCUT2D eigenvalue weighted by atomic mass is 10.2. The second-order valence-electron chi connectivity index (χ2n) is 6.41. The Labute approximate surface area is 156 Å². The Hall–Kier alpha value is -2.22. The second kappa shape index (κ2) is 9.47. The van der Waals surface area contributed by atoms with Crippen molar-refractivity contribution >= 4 is 35.0 Å². The maximum absolute atomic E-state index is 12.0. The molecule has 0 bridgehead atoms. The first-order valence-electron chi connectivity index (χ1n) is 8.75. The largest absolute Gasteiger partial charge is 0.453 e. The van der Waals surface area contributed by atoms with Gasteiger partial charge in [0.15, 0.2) is 11.9 Å². The van der Waals surface area contributed by atoms with Crippen LogP contribution in [0, 0.1) is 6.92 Å². The van der Waals surface area contributed by atoms with Crippen molar-refractivity contribution in [3.63, 3.8) is 0 Å². The summed E-state index contributed by atoms with van der Waals surface area (Å²) in [6.07, 6.45) is 2.76. The lowest BCUT2D eigenvalue weighted by Crippen LogP contribution is -2.47. The van der Waals surface area contributed by atoms with E-state index in [0.717, 1.165) is 30.6 Å². The second-order valence-corrected chi connectivity index (χ2v) is 7.70. The van der Waals surface area contributed by atoms with Gasteiger partial charge in [0.25, 0.3) is 5.91 Å². The number of rotatable bonds is 7. The van der Waals surface area contributed by atoms with Gasteiger partial charge >= 0.3 is 12.0 Å². The molecule has 7 nitrogen and oxygen atoms in total. The summed E-state index contributed by atoms with van der Waals surface area (Å²) >= 11 is 1.38. The monoisotopic (exact) mass is 380 g/mol. The van der Waals surface area contributed by atoms with E-state index in [1.54, 1.807) is 6.07 Å². The molecule has 8 heteroatoms. The minimum Gasteiger partial charge on any atom is -0.453 e. The zero-order chi connectivity index (χ0) is 19.1. The molecule has 1 saturated carbocycles. The van der Waals surface area contributed by atoms with Crippen LogP contribution in [0.5, 0.6) is 0 Å². The van der Waals surface area contributed by atoms with Crippen molar-refractivity contribution < 1.29 is 23.9 Å². The number of urea groups is 1. The summed E-state index contributed by atoms with van der Waals surface area (Å²) < 4.78 is 4.99. The molecule has 1 atom stereocenters. The maximum atomic E-state index is 12.0. The number of amides is 3. The van der Waals surface area contributed by atoms with Gasteiger partial charge in [0.05, 0.1) is 11.3 Å². The predicted molar refractivity (Wildman–Crippen MR) is 97.1 cm³/mol. The molecule has 1 aromatic rings. The summed E-state index contributed by atoms with van der Waals surface area (Å²) in [4.78, 5) is 49.1. The molecule has 3 amide bonds. The summed E-state index contributed by atoms with van der Waals surface area (Å²) in [7, 11) is 0. The molecule has 0 saturated heterocycles. The fourth-order valence-electron chi connectivity index (χ4n) is 2.74. The van der Waals surface area contributed by atoms with Crippen LogP contribution in [-0.4, -0.2) is 35.8 Å². The van der Waals surface area contributed by atoms with Crippen molar-refractivity contribution in [2.24, 2.45) is 0 Å². The molecule has 1 aliphatic carbocycles. The number of esters is 1. The van der Waals surface area contributed by atoms with Gasteiger partial charge in [-0.2, -0.15) is 0 Å². The molecular weight excluding hydrogens is 356 g/mol. The minimum atomic E-state index is -1.10. The summed E-state index contributed by atoms with van der Waals surface area (Å²) in [6, 6.07) is 3.09. The molecule has 2 N–H and O–H groups in total. The third-order valence-corrected chi connectivity index (χ3v) is 5.22. The van der Waals surface area contributed by atoms with E-state index in [2.05, 4.69) is 10.6 Å². The van der Waals surface area contributed by atoms with Crippen LogP contribution in [0.3, 0.4) is 0 Å². The van der Waals surface area contributed by atoms with Crippen molar-refractivity contribution in [3.8, 4) is 0 Å². The van der Waals surface area contributed by atoms with Crippen molar-refractivity contribution in [1.29, 1.82) is 0 Å². The number of aryl methyl sites for hydroxylation is 1. The summed E-state index contributed by atoms with van der Waals surface area (Å²) in [5, 5.41) is 4.90. The Morgan fingerprint density at radius 2 is 1.88 bits per heavy atom. The highest BCUT2D eigenvalue weighted by molar-refractivity contribution is 7.14. The average Bonchev–Trinajstić information content (AvgIpc) is 3.24. The standard InChI is InChI=1S/C18H24N2O5S/c1-11-7-9-15(26-11)14(21)8-10-16(22)25-12(2)17(23)20-18(24)19-13-5-3-4-6-13/h7,9,12-13H,3-6,8,10H2,1-2H3,(H2,19,20,23,24)/t12-/m0/s1. The molecule has 26 heavy (non-hydrogen) atoms. The molecule has 0 radical (unpaired) electrons. The van der Waals surface area contributed by atoms with Crippen molar-refractivity contribution in [2.45, 2.75) is 64.5 Å². The number of nitrogens with one attached hydrogen (secondary N) is 2. The third-order valence-electron chi connectivity index (χ3n) is 4.18. The smallest absolute Gasteiger partial charge is 0.321 e. The van der Waals surface area contributed by atoms with Crippen LogP contribution in [0.2, 0.25) is 0 Å². The summed E-state index contributed by atoms with van der Waals surface area (Å²) in [5.41, 5.74) is 0. The van der Waals surface area contributed by atoms with E-state index in [1.165, 1.54) is 18.3 Å². The van der Waals surface area contributed by atoms with E-state index < -0.39 is 24.0 Å². The molecule has 0 spiro atoms. The number of hydrogen-bond acceptors (Lipinski definition) is 6. The van der Waals surface area contributed by atoms with Crippen LogP contribution in [0.25, 0.3) is 0 Å². The molecule has 1 aliphatic rings. The molecule has 0 aromatic carbocycles. The van der Waals surface area contributed by atoms with Crippen LogP contribution in [0.4, 0.5) is 4.79 Å². The van der Waals surface area contributed by atoms with Crippen LogP contribution in [0.1, 0.15) is 60.0 Å². The van der Waals surface area contributed by atoms with E-state index in [-0.39, 0.29) is 24.7 Å². The summed E-state index contributed by atoms with van der Waals surface area (Å²) in [5.74, 6) is -1.47. The van der Waals surface area contributed by atoms with Crippen molar-refractivity contribution in [1.82, 2.24) is 10.6 Å². The number of ketones is 1. The number of hydrogen-bond donors (Lipinski definition) is 2. The first-order chi connectivity index (χ1) is 12.3. The van der Waals surface area contributed by atoms with Gasteiger partial charge in [0.1, 0.15) is 0 Å². The number of Topliss-reactive ketones (excluding diaryl/α,β-unsaturated/α-hetero) is 1. The predicted octanol–water partition coefficient (Wildman–Crippen LogP) is 2.72. The van der Waals surface area contributed by atoms with E-state index in [0.29, 0.717) is 4.88 Å². The van der Waals surface area contributed by atoms with Crippen molar-refractivity contribution in [3.05, 3.63) is 21.9 Å². The maximum Gasteiger partial charge on any atom is 0.321 e. The molecule has 1 heterocycles. The molecule has 2 rings (SSSR count). The first-order valence-corrected chi connectivity index (χ1v) is 9.57. The molecule has 1 aromatic heterocycles. The SMILES string of the molecule is Cc1ccc(C(=O)CCC(=O)O[C@@H](C)C(=O)NC(=O)NC2CCCC2)s1. The lowest BCUT2D eigenvalue weighted by molar-refractivity contribution is -0.154. The zero-order valence-electron chi connectivity index (χ0n) is 15.0. The van der Waals surface area contributed by atoms with Crippen LogP contribution in [0.15, 0.2) is 12.1 Å². The molecule has 142 valence electrons. The van der Waals surface area contributed by atoms with E-state index >= 15 is 0 Å². The number of carbonyl (C=O) groups excluding carboxylic acids is 4. The zero-order valence-corrected chi connectivity index (χ0v) is 15.8. The van der Waals surface area contributed by atoms with Gasteiger partial charge in [-0.1, -0.05) is 12.8 Å². The fourth-order valence-corrected chi connectivity index (χ4v) is 3.57. The molecule has 0 aliphatic heterocycles. The number of carbonyl (C=O) groups is 4. The topological polar surface area (TPSA) is 102 Å². The highest BCUT2D eigenvalue weighted by Crippen LogP contribution is 2.18. The normalized spacial score (nSPS) is 15.3. The van der Waals surface area contributed by atoms with Gasteiger partial charge in [-0.05, 0) is 38.8 Å². The minimum absolute atomic E-state index is 0.0231. The Morgan fingerprint density at radius 3 is 2.50 bits per heavy atom. The third kappa shape index (κ3) is 6.25. The highest BCUT2D eigenvalue weighted by atomic mass is 32.1. The van der Waals surface area contributed by atoms with E-state index in [4.69, 9.17) is 4.74 Å². The van der Waals surface area contributed by atoms with Crippen LogP contribution < -0.4 is 10.6 Å². The van der Waals surface area contributed by atoms with Gasteiger partial charge in [-0.25, -0.2) is 4.79 Å². The van der Waals surface area contributed by atoms with Gasteiger partial charge < -0.3 is 10.1 Å². The Bertz CT molecular complexity index is 679. The van der Waals surface area contributed by atoms with Gasteiger partial charge in [-0.3, -0.25) is 19.7 Å².